The van der Waals surface area contributed by atoms with Crippen LogP contribution in [0.4, 0.5) is 0 Å². The number of hydrogen-bond acceptors (Lipinski definition) is 4. The number of carbonyl (C=O) groups is 2. The molecule has 3 heterocycles. The van der Waals surface area contributed by atoms with Gasteiger partial charge < -0.3 is 14.4 Å². The highest BCUT2D eigenvalue weighted by Gasteiger charge is 2.48. The number of hydrogen-bond donors (Lipinski definition) is 1. The van der Waals surface area contributed by atoms with Gasteiger partial charge in [0.2, 0.25) is 0 Å². The molecule has 0 unspecified atom stereocenters. The van der Waals surface area contributed by atoms with Crippen molar-refractivity contribution in [1.29, 1.82) is 0 Å². The highest BCUT2D eigenvalue weighted by atomic mass is 16.4. The van der Waals surface area contributed by atoms with Gasteiger partial charge in [-0.05, 0) is 44.2 Å². The molecule has 2 fully saturated rings. The second kappa shape index (κ2) is 5.61. The van der Waals surface area contributed by atoms with Gasteiger partial charge in [-0.3, -0.25) is 4.79 Å². The summed E-state index contributed by atoms with van der Waals surface area (Å²) < 4.78 is 5.66. The average molecular weight is 328 g/mol. The first kappa shape index (κ1) is 15.2. The van der Waals surface area contributed by atoms with Crippen molar-refractivity contribution in [2.24, 2.45) is 5.92 Å². The molecule has 0 radical (unpaired) electrons. The molecule has 0 spiro atoms. The van der Waals surface area contributed by atoms with E-state index in [9.17, 15) is 14.7 Å². The normalized spacial score (nSPS) is 26.5. The van der Waals surface area contributed by atoms with E-state index in [1.54, 1.807) is 17.0 Å². The van der Waals surface area contributed by atoms with Crippen molar-refractivity contribution >= 4 is 23.0 Å². The van der Waals surface area contributed by atoms with Crippen LogP contribution in [0.5, 0.6) is 0 Å². The molecule has 1 aliphatic carbocycles. The molecule has 4 rings (SSSR count). The molecule has 2 aliphatic rings. The van der Waals surface area contributed by atoms with Gasteiger partial charge in [0.25, 0.3) is 5.91 Å². The lowest BCUT2D eigenvalue weighted by Crippen LogP contribution is -2.46. The van der Waals surface area contributed by atoms with Crippen molar-refractivity contribution in [2.75, 3.05) is 0 Å². The van der Waals surface area contributed by atoms with Gasteiger partial charge in [0.1, 0.15) is 11.6 Å². The van der Waals surface area contributed by atoms with Crippen LogP contribution in [0.25, 0.3) is 11.1 Å². The van der Waals surface area contributed by atoms with Gasteiger partial charge in [0.05, 0.1) is 0 Å². The number of amides is 1. The predicted molar refractivity (Wildman–Crippen MR) is 86.7 cm³/mol. The average Bonchev–Trinajstić information content (AvgIpc) is 3.15. The molecule has 6 heteroatoms. The summed E-state index contributed by atoms with van der Waals surface area (Å²) in [4.78, 5) is 30.6. The number of furan rings is 1. The lowest BCUT2D eigenvalue weighted by molar-refractivity contribution is -0.141. The molecule has 0 aromatic carbocycles. The Hall–Kier alpha value is -2.37. The van der Waals surface area contributed by atoms with Gasteiger partial charge in [-0.25, -0.2) is 9.78 Å². The molecule has 0 bridgehead atoms. The number of carboxylic acid groups (broad SMARTS) is 1. The van der Waals surface area contributed by atoms with Gasteiger partial charge >= 0.3 is 5.97 Å². The summed E-state index contributed by atoms with van der Waals surface area (Å²) in [5, 5.41) is 9.57. The first-order chi connectivity index (χ1) is 11.5. The molecule has 1 saturated heterocycles. The number of aromatic nitrogens is 1. The van der Waals surface area contributed by atoms with Crippen LogP contribution in [0, 0.1) is 12.8 Å². The highest BCUT2D eigenvalue weighted by molar-refractivity contribution is 5.98. The summed E-state index contributed by atoms with van der Waals surface area (Å²) >= 11 is 0. The van der Waals surface area contributed by atoms with Gasteiger partial charge in [-0.1, -0.05) is 12.8 Å². The summed E-state index contributed by atoms with van der Waals surface area (Å²) in [7, 11) is 0. The summed E-state index contributed by atoms with van der Waals surface area (Å²) in [6, 6.07) is 4.49. The third-order valence-corrected chi connectivity index (χ3v) is 5.33. The zero-order chi connectivity index (χ0) is 16.8. The fraction of sp³-hybridized carbons (Fsp3) is 0.500. The van der Waals surface area contributed by atoms with E-state index in [2.05, 4.69) is 4.98 Å². The molecular weight excluding hydrogens is 308 g/mol. The monoisotopic (exact) mass is 328 g/mol. The number of aliphatic carboxylic acids is 1. The Morgan fingerprint density at radius 3 is 2.88 bits per heavy atom. The van der Waals surface area contributed by atoms with Crippen molar-refractivity contribution in [2.45, 2.75) is 51.1 Å². The molecule has 1 amide bonds. The van der Waals surface area contributed by atoms with Gasteiger partial charge in [0.15, 0.2) is 11.3 Å². The van der Waals surface area contributed by atoms with Crippen molar-refractivity contribution < 1.29 is 19.1 Å². The van der Waals surface area contributed by atoms with E-state index in [0.29, 0.717) is 17.5 Å². The molecule has 1 aliphatic heterocycles. The van der Waals surface area contributed by atoms with E-state index in [-0.39, 0.29) is 23.6 Å². The second-order valence-corrected chi connectivity index (χ2v) is 6.86. The minimum Gasteiger partial charge on any atom is -0.480 e. The summed E-state index contributed by atoms with van der Waals surface area (Å²) in [5.74, 6) is -0.788. The lowest BCUT2D eigenvalue weighted by Gasteiger charge is -2.32. The zero-order valence-electron chi connectivity index (χ0n) is 13.6. The minimum absolute atomic E-state index is 0.00950. The third-order valence-electron chi connectivity index (χ3n) is 5.33. The molecule has 6 nitrogen and oxygen atoms in total. The molecule has 1 N–H and O–H groups in total. The van der Waals surface area contributed by atoms with Gasteiger partial charge in [-0.15, -0.1) is 0 Å². The SMILES string of the molecule is Cc1ccc2oc(C(=O)N3[C@@H]4CCCC[C@@H]4C[C@H]3C(=O)O)cc2n1. The Labute approximate surface area is 139 Å². The number of rotatable bonds is 2. The number of likely N-dealkylation sites (tertiary alicyclic amines) is 1. The fourth-order valence-corrected chi connectivity index (χ4v) is 4.23. The molecule has 2 aromatic rings. The number of nitrogens with zero attached hydrogens (tertiary/aromatic N) is 2. The second-order valence-electron chi connectivity index (χ2n) is 6.86. The maximum absolute atomic E-state index is 13.0. The van der Waals surface area contributed by atoms with Crippen LogP contribution in [0.2, 0.25) is 0 Å². The maximum Gasteiger partial charge on any atom is 0.326 e. The van der Waals surface area contributed by atoms with Crippen LogP contribution in [0.15, 0.2) is 22.6 Å². The number of pyridine rings is 1. The number of carbonyl (C=O) groups excluding carboxylic acids is 1. The number of fused-ring (bicyclic) bond motifs is 2. The largest absolute Gasteiger partial charge is 0.480 e. The van der Waals surface area contributed by atoms with Crippen LogP contribution in [-0.2, 0) is 4.79 Å². The number of aryl methyl sites for hydroxylation is 1. The van der Waals surface area contributed by atoms with Crippen LogP contribution < -0.4 is 0 Å². The van der Waals surface area contributed by atoms with Crippen LogP contribution in [0.3, 0.4) is 0 Å². The maximum atomic E-state index is 13.0. The molecule has 2 aromatic heterocycles. The molecule has 24 heavy (non-hydrogen) atoms. The van der Waals surface area contributed by atoms with E-state index in [4.69, 9.17) is 4.42 Å². The summed E-state index contributed by atoms with van der Waals surface area (Å²) in [5.41, 5.74) is 2.03. The van der Waals surface area contributed by atoms with Crippen LogP contribution in [-0.4, -0.2) is 39.0 Å². The predicted octanol–water partition coefficient (Wildman–Crippen LogP) is 2.99. The fourth-order valence-electron chi connectivity index (χ4n) is 4.23. The van der Waals surface area contributed by atoms with Crippen LogP contribution >= 0.6 is 0 Å². The van der Waals surface area contributed by atoms with Crippen molar-refractivity contribution in [1.82, 2.24) is 9.88 Å². The molecule has 3 atom stereocenters. The number of carboxylic acids is 1. The van der Waals surface area contributed by atoms with E-state index >= 15 is 0 Å². The third kappa shape index (κ3) is 2.37. The Bertz CT molecular complexity index is 812. The first-order valence-corrected chi connectivity index (χ1v) is 8.47. The molecular formula is C18H20N2O4. The summed E-state index contributed by atoms with van der Waals surface area (Å²) in [6.45, 7) is 1.88. The Kier molecular flexibility index (Phi) is 3.55. The quantitative estimate of drug-likeness (QED) is 0.916. The first-order valence-electron chi connectivity index (χ1n) is 8.47. The Morgan fingerprint density at radius 1 is 1.29 bits per heavy atom. The van der Waals surface area contributed by atoms with Gasteiger partial charge in [0, 0.05) is 17.8 Å². The van der Waals surface area contributed by atoms with Gasteiger partial charge in [-0.2, -0.15) is 0 Å². The van der Waals surface area contributed by atoms with E-state index in [1.807, 2.05) is 13.0 Å². The van der Waals surface area contributed by atoms with E-state index in [0.717, 1.165) is 31.4 Å². The molecule has 126 valence electrons. The Morgan fingerprint density at radius 2 is 2.08 bits per heavy atom. The topological polar surface area (TPSA) is 83.6 Å². The zero-order valence-corrected chi connectivity index (χ0v) is 13.6. The van der Waals surface area contributed by atoms with E-state index < -0.39 is 12.0 Å². The highest BCUT2D eigenvalue weighted by Crippen LogP contribution is 2.40. The smallest absolute Gasteiger partial charge is 0.326 e. The molecule has 1 saturated carbocycles. The standard InChI is InChI=1S/C18H20N2O4/c1-10-6-7-15-12(19-10)9-16(24-15)17(21)20-13-5-3-2-4-11(13)8-14(20)18(22)23/h6-7,9,11,13-14H,2-5,8H2,1H3,(H,22,23)/t11-,13-,14+/m1/s1. The summed E-state index contributed by atoms with van der Waals surface area (Å²) in [6.07, 6.45) is 4.57. The van der Waals surface area contributed by atoms with Crippen LogP contribution in [0.1, 0.15) is 48.4 Å². The lowest BCUT2D eigenvalue weighted by atomic mass is 9.84. The van der Waals surface area contributed by atoms with Crippen molar-refractivity contribution in [3.63, 3.8) is 0 Å². The van der Waals surface area contributed by atoms with E-state index in [1.165, 1.54) is 0 Å². The Balaban J connectivity index is 1.70. The minimum atomic E-state index is -0.928. The van der Waals surface area contributed by atoms with Crippen molar-refractivity contribution in [3.05, 3.63) is 29.7 Å². The van der Waals surface area contributed by atoms with Crippen molar-refractivity contribution in [3.8, 4) is 0 Å².